The molecular weight excluding hydrogens is 460 g/mol. The molecule has 0 bridgehead atoms. The summed E-state index contributed by atoms with van der Waals surface area (Å²) < 4.78 is 10.0. The second-order valence-electron chi connectivity index (χ2n) is 8.84. The molecule has 0 spiro atoms. The van der Waals surface area contributed by atoms with E-state index in [4.69, 9.17) is 9.47 Å². The van der Waals surface area contributed by atoms with Crippen molar-refractivity contribution in [2.75, 3.05) is 41.4 Å². The molecule has 0 radical (unpaired) electrons. The van der Waals surface area contributed by atoms with Crippen LogP contribution in [0.15, 0.2) is 66.2 Å². The Morgan fingerprint density at radius 2 is 1.58 bits per heavy atom. The molecule has 36 heavy (non-hydrogen) atoms. The van der Waals surface area contributed by atoms with Gasteiger partial charge in [-0.1, -0.05) is 30.3 Å². The van der Waals surface area contributed by atoms with Crippen molar-refractivity contribution < 1.29 is 29.0 Å². The Labute approximate surface area is 209 Å². The molecule has 1 N–H and O–H groups in total. The van der Waals surface area contributed by atoms with E-state index >= 15 is 0 Å². The number of fused-ring (bicyclic) bond motifs is 1. The summed E-state index contributed by atoms with van der Waals surface area (Å²) in [5.74, 6) is -1.45. The van der Waals surface area contributed by atoms with Crippen LogP contribution in [0.1, 0.15) is 27.5 Å². The number of amides is 1. The average Bonchev–Trinajstić information content (AvgIpc) is 3.15. The number of ether oxygens (including phenoxy) is 2. The normalized spacial score (nSPS) is 17.1. The van der Waals surface area contributed by atoms with Gasteiger partial charge in [0.05, 0.1) is 31.4 Å². The minimum atomic E-state index is -0.803. The number of aliphatic hydroxyl groups is 1. The molecule has 186 valence electrons. The molecule has 1 unspecified atom stereocenters. The fourth-order valence-electron chi connectivity index (χ4n) is 4.34. The standard InChI is InChI=1S/C28H28N2O6/c1-29(2)13-14-30-24(17-5-7-18(8-6-17)28(34)36-4)23(26(32)27(30)33)25(31)21-10-9-20-16-22(35-3)12-11-19(20)15-21/h5-12,15-16,24,31H,13-14H2,1-4H3/b25-23+. The smallest absolute Gasteiger partial charge is 0.337 e. The first-order chi connectivity index (χ1) is 17.2. The number of likely N-dealkylation sites (N-methyl/N-ethyl adjacent to an activating group) is 1. The monoisotopic (exact) mass is 488 g/mol. The highest BCUT2D eigenvalue weighted by atomic mass is 16.5. The van der Waals surface area contributed by atoms with E-state index in [1.807, 2.05) is 43.3 Å². The number of benzene rings is 3. The van der Waals surface area contributed by atoms with Crippen LogP contribution in [0.3, 0.4) is 0 Å². The molecule has 1 aliphatic heterocycles. The van der Waals surface area contributed by atoms with Crippen LogP contribution in [0.25, 0.3) is 16.5 Å². The molecule has 3 aromatic carbocycles. The number of Topliss-reactive ketones (excluding diaryl/α,β-unsaturated/α-hetero) is 1. The molecule has 1 aliphatic rings. The van der Waals surface area contributed by atoms with Gasteiger partial charge in [-0.15, -0.1) is 0 Å². The summed E-state index contributed by atoms with van der Waals surface area (Å²) in [5, 5.41) is 13.1. The molecule has 1 amide bonds. The van der Waals surface area contributed by atoms with Gasteiger partial charge < -0.3 is 24.4 Å². The van der Waals surface area contributed by atoms with E-state index < -0.39 is 23.7 Å². The van der Waals surface area contributed by atoms with Crippen molar-refractivity contribution >= 4 is 34.2 Å². The topological polar surface area (TPSA) is 96.4 Å². The molecular formula is C28H28N2O6. The van der Waals surface area contributed by atoms with Gasteiger partial charge in [0.1, 0.15) is 11.5 Å². The average molecular weight is 489 g/mol. The maximum atomic E-state index is 13.2. The Balaban J connectivity index is 1.83. The minimum absolute atomic E-state index is 0.0115. The fourth-order valence-corrected chi connectivity index (χ4v) is 4.34. The van der Waals surface area contributed by atoms with Crippen LogP contribution >= 0.6 is 0 Å². The number of hydrogen-bond donors (Lipinski definition) is 1. The Bertz CT molecular complexity index is 1360. The number of rotatable bonds is 7. The number of likely N-dealkylation sites (tertiary alicyclic amines) is 1. The number of ketones is 1. The zero-order valence-electron chi connectivity index (χ0n) is 20.6. The van der Waals surface area contributed by atoms with Crippen LogP contribution in [0.4, 0.5) is 0 Å². The lowest BCUT2D eigenvalue weighted by Crippen LogP contribution is -2.35. The van der Waals surface area contributed by atoms with E-state index in [2.05, 4.69) is 0 Å². The molecule has 8 nitrogen and oxygen atoms in total. The van der Waals surface area contributed by atoms with Crippen LogP contribution < -0.4 is 4.74 Å². The molecule has 0 aromatic heterocycles. The first kappa shape index (κ1) is 24.9. The second kappa shape index (κ2) is 10.2. The van der Waals surface area contributed by atoms with E-state index in [0.717, 1.165) is 10.8 Å². The molecule has 0 aliphatic carbocycles. The number of nitrogens with zero attached hydrogens (tertiary/aromatic N) is 2. The lowest BCUT2D eigenvalue weighted by Gasteiger charge is -2.26. The summed E-state index contributed by atoms with van der Waals surface area (Å²) >= 11 is 0. The molecule has 1 atom stereocenters. The minimum Gasteiger partial charge on any atom is -0.507 e. The van der Waals surface area contributed by atoms with Crippen LogP contribution in [0.5, 0.6) is 5.75 Å². The molecule has 1 saturated heterocycles. The Morgan fingerprint density at radius 1 is 0.944 bits per heavy atom. The van der Waals surface area contributed by atoms with Crippen LogP contribution in [0.2, 0.25) is 0 Å². The largest absolute Gasteiger partial charge is 0.507 e. The van der Waals surface area contributed by atoms with Crippen molar-refractivity contribution in [3.63, 3.8) is 0 Å². The number of esters is 1. The predicted molar refractivity (Wildman–Crippen MR) is 136 cm³/mol. The lowest BCUT2D eigenvalue weighted by atomic mass is 9.94. The van der Waals surface area contributed by atoms with Gasteiger partial charge in [0.2, 0.25) is 0 Å². The Kier molecular flexibility index (Phi) is 7.07. The number of carbonyl (C=O) groups excluding carboxylic acids is 3. The van der Waals surface area contributed by atoms with E-state index in [-0.39, 0.29) is 17.9 Å². The molecule has 8 heteroatoms. The van der Waals surface area contributed by atoms with Gasteiger partial charge in [0.15, 0.2) is 0 Å². The second-order valence-corrected chi connectivity index (χ2v) is 8.84. The van der Waals surface area contributed by atoms with Gasteiger partial charge in [-0.05, 0) is 60.8 Å². The highest BCUT2D eigenvalue weighted by molar-refractivity contribution is 6.46. The Hall–Kier alpha value is -4.17. The summed E-state index contributed by atoms with van der Waals surface area (Å²) in [5.41, 5.74) is 1.39. The summed E-state index contributed by atoms with van der Waals surface area (Å²) in [6.45, 7) is 0.816. The number of aliphatic hydroxyl groups excluding tert-OH is 1. The van der Waals surface area contributed by atoms with Gasteiger partial charge in [-0.25, -0.2) is 4.79 Å². The fraction of sp³-hybridized carbons (Fsp3) is 0.250. The van der Waals surface area contributed by atoms with E-state index in [1.165, 1.54) is 12.0 Å². The summed E-state index contributed by atoms with van der Waals surface area (Å²) in [7, 11) is 6.64. The first-order valence-corrected chi connectivity index (χ1v) is 11.4. The van der Waals surface area contributed by atoms with E-state index in [9.17, 15) is 19.5 Å². The van der Waals surface area contributed by atoms with Crippen molar-refractivity contribution in [1.29, 1.82) is 0 Å². The Morgan fingerprint density at radius 3 is 2.22 bits per heavy atom. The number of hydrogen-bond acceptors (Lipinski definition) is 7. The third-order valence-corrected chi connectivity index (χ3v) is 6.30. The van der Waals surface area contributed by atoms with E-state index in [1.54, 1.807) is 43.5 Å². The molecule has 3 aromatic rings. The SMILES string of the molecule is COC(=O)c1ccc(C2/C(=C(\O)c3ccc4cc(OC)ccc4c3)C(=O)C(=O)N2CCN(C)C)cc1. The highest BCUT2D eigenvalue weighted by Crippen LogP contribution is 2.39. The summed E-state index contributed by atoms with van der Waals surface area (Å²) in [6, 6.07) is 16.6. The van der Waals surface area contributed by atoms with Crippen molar-refractivity contribution in [3.8, 4) is 5.75 Å². The van der Waals surface area contributed by atoms with Crippen LogP contribution in [-0.2, 0) is 14.3 Å². The summed E-state index contributed by atoms with van der Waals surface area (Å²) in [6.07, 6.45) is 0. The van der Waals surface area contributed by atoms with Crippen molar-refractivity contribution in [2.24, 2.45) is 0 Å². The van der Waals surface area contributed by atoms with Crippen molar-refractivity contribution in [1.82, 2.24) is 9.80 Å². The van der Waals surface area contributed by atoms with E-state index in [0.29, 0.717) is 29.0 Å². The summed E-state index contributed by atoms with van der Waals surface area (Å²) in [4.78, 5) is 41.6. The first-order valence-electron chi connectivity index (χ1n) is 11.4. The van der Waals surface area contributed by atoms with Gasteiger partial charge in [-0.3, -0.25) is 9.59 Å². The van der Waals surface area contributed by atoms with Crippen LogP contribution in [0, 0.1) is 0 Å². The molecule has 1 heterocycles. The van der Waals surface area contributed by atoms with Gasteiger partial charge in [-0.2, -0.15) is 0 Å². The lowest BCUT2D eigenvalue weighted by molar-refractivity contribution is -0.140. The quantitative estimate of drug-likeness (QED) is 0.235. The zero-order valence-corrected chi connectivity index (χ0v) is 20.6. The van der Waals surface area contributed by atoms with Crippen LogP contribution in [-0.4, -0.2) is 74.0 Å². The predicted octanol–water partition coefficient (Wildman–Crippen LogP) is 3.62. The van der Waals surface area contributed by atoms with Gasteiger partial charge in [0, 0.05) is 18.7 Å². The number of carbonyl (C=O) groups is 3. The van der Waals surface area contributed by atoms with Gasteiger partial charge in [0.25, 0.3) is 11.7 Å². The maximum Gasteiger partial charge on any atom is 0.337 e. The van der Waals surface area contributed by atoms with Crippen molar-refractivity contribution in [2.45, 2.75) is 6.04 Å². The molecule has 0 saturated carbocycles. The third kappa shape index (κ3) is 4.67. The third-order valence-electron chi connectivity index (χ3n) is 6.30. The molecule has 4 rings (SSSR count). The zero-order chi connectivity index (χ0) is 26.0. The number of methoxy groups -OCH3 is 2. The highest BCUT2D eigenvalue weighted by Gasteiger charge is 2.45. The molecule has 1 fully saturated rings. The maximum absolute atomic E-state index is 13.2. The van der Waals surface area contributed by atoms with Crippen molar-refractivity contribution in [3.05, 3.63) is 82.9 Å². The van der Waals surface area contributed by atoms with Gasteiger partial charge >= 0.3 is 5.97 Å².